The van der Waals surface area contributed by atoms with Crippen LogP contribution >= 0.6 is 0 Å². The summed E-state index contributed by atoms with van der Waals surface area (Å²) in [5.41, 5.74) is 1.90. The van der Waals surface area contributed by atoms with Gasteiger partial charge in [0.15, 0.2) is 5.78 Å². The summed E-state index contributed by atoms with van der Waals surface area (Å²) in [5, 5.41) is 3.19. The van der Waals surface area contributed by atoms with E-state index < -0.39 is 5.97 Å². The highest BCUT2D eigenvalue weighted by atomic mass is 16.5. The minimum absolute atomic E-state index is 0.0611. The van der Waals surface area contributed by atoms with Crippen molar-refractivity contribution >= 4 is 17.4 Å². The van der Waals surface area contributed by atoms with Crippen LogP contribution in [0.3, 0.4) is 0 Å². The van der Waals surface area contributed by atoms with Crippen molar-refractivity contribution in [2.75, 3.05) is 12.4 Å². The molecule has 1 aromatic carbocycles. The van der Waals surface area contributed by atoms with E-state index in [1.807, 2.05) is 6.07 Å². The van der Waals surface area contributed by atoms with E-state index in [0.717, 1.165) is 12.1 Å². The van der Waals surface area contributed by atoms with Gasteiger partial charge in [0, 0.05) is 18.2 Å². The summed E-state index contributed by atoms with van der Waals surface area (Å²) < 4.78 is 4.76. The molecule has 0 unspecified atom stereocenters. The molecular weight excluding hydrogens is 254 g/mol. The van der Waals surface area contributed by atoms with Gasteiger partial charge < -0.3 is 10.1 Å². The van der Waals surface area contributed by atoms with E-state index in [2.05, 4.69) is 19.2 Å². The number of para-hydroxylation sites is 1. The number of esters is 1. The van der Waals surface area contributed by atoms with Gasteiger partial charge in [-0.15, -0.1) is 0 Å². The number of benzene rings is 1. The standard InChI is InChI=1S/C16H19NO3/c1-16(2)9-11(8-12(18)10-16)17-14-7-5-4-6-13(14)15(19)20-3/h4-8,17H,9-10H2,1-3H3. The molecule has 0 saturated carbocycles. The maximum Gasteiger partial charge on any atom is 0.339 e. The number of anilines is 1. The van der Waals surface area contributed by atoms with E-state index in [0.29, 0.717) is 17.7 Å². The summed E-state index contributed by atoms with van der Waals surface area (Å²) in [5.74, 6) is -0.283. The van der Waals surface area contributed by atoms with Gasteiger partial charge in [-0.2, -0.15) is 0 Å². The second-order valence-corrected chi connectivity index (χ2v) is 5.82. The van der Waals surface area contributed by atoms with Crippen LogP contribution in [-0.4, -0.2) is 18.9 Å². The van der Waals surface area contributed by atoms with E-state index in [1.165, 1.54) is 7.11 Å². The third-order valence-corrected chi connectivity index (χ3v) is 3.28. The molecule has 2 rings (SSSR count). The first-order valence-corrected chi connectivity index (χ1v) is 6.59. The fraction of sp³-hybridized carbons (Fsp3) is 0.375. The highest BCUT2D eigenvalue weighted by Crippen LogP contribution is 2.34. The second-order valence-electron chi connectivity index (χ2n) is 5.82. The number of rotatable bonds is 3. The Hall–Kier alpha value is -2.10. The molecule has 4 nitrogen and oxygen atoms in total. The fourth-order valence-electron chi connectivity index (χ4n) is 2.48. The SMILES string of the molecule is COC(=O)c1ccccc1NC1=CC(=O)CC(C)(C)C1. The zero-order valence-corrected chi connectivity index (χ0v) is 12.0. The number of carbonyl (C=O) groups is 2. The Labute approximate surface area is 118 Å². The van der Waals surface area contributed by atoms with Crippen LogP contribution < -0.4 is 5.32 Å². The Bertz CT molecular complexity index is 573. The molecule has 106 valence electrons. The fourth-order valence-corrected chi connectivity index (χ4v) is 2.48. The molecule has 0 radical (unpaired) electrons. The number of nitrogens with one attached hydrogen (secondary N) is 1. The molecule has 1 aliphatic rings. The number of carbonyl (C=O) groups excluding carboxylic acids is 2. The van der Waals surface area contributed by atoms with Gasteiger partial charge in [-0.3, -0.25) is 4.79 Å². The minimum atomic E-state index is -0.393. The highest BCUT2D eigenvalue weighted by molar-refractivity contribution is 5.97. The topological polar surface area (TPSA) is 55.4 Å². The molecule has 0 heterocycles. The van der Waals surface area contributed by atoms with Crippen LogP contribution in [0.5, 0.6) is 0 Å². The van der Waals surface area contributed by atoms with Crippen molar-refractivity contribution in [1.29, 1.82) is 0 Å². The zero-order chi connectivity index (χ0) is 14.8. The van der Waals surface area contributed by atoms with Crippen LogP contribution in [0.1, 0.15) is 37.0 Å². The Morgan fingerprint density at radius 1 is 1.25 bits per heavy atom. The number of hydrogen-bond donors (Lipinski definition) is 1. The predicted molar refractivity (Wildman–Crippen MR) is 77.5 cm³/mol. The van der Waals surface area contributed by atoms with Gasteiger partial charge in [-0.25, -0.2) is 4.79 Å². The van der Waals surface area contributed by atoms with Gasteiger partial charge in [0.25, 0.3) is 0 Å². The maximum atomic E-state index is 11.7. The number of allylic oxidation sites excluding steroid dienone is 2. The smallest absolute Gasteiger partial charge is 0.339 e. The Kier molecular flexibility index (Phi) is 3.93. The number of hydrogen-bond acceptors (Lipinski definition) is 4. The van der Waals surface area contributed by atoms with Crippen molar-refractivity contribution in [2.24, 2.45) is 5.41 Å². The van der Waals surface area contributed by atoms with Crippen LogP contribution in [0.4, 0.5) is 5.69 Å². The Balaban J connectivity index is 2.27. The van der Waals surface area contributed by atoms with Crippen LogP contribution in [-0.2, 0) is 9.53 Å². The molecular formula is C16H19NO3. The minimum Gasteiger partial charge on any atom is -0.465 e. The quantitative estimate of drug-likeness (QED) is 0.859. The van der Waals surface area contributed by atoms with Crippen LogP contribution in [0.15, 0.2) is 36.0 Å². The van der Waals surface area contributed by atoms with Crippen LogP contribution in [0.2, 0.25) is 0 Å². The summed E-state index contributed by atoms with van der Waals surface area (Å²) in [4.78, 5) is 23.5. The molecule has 1 aromatic rings. The third kappa shape index (κ3) is 3.26. The number of ketones is 1. The summed E-state index contributed by atoms with van der Waals surface area (Å²) in [6.45, 7) is 4.12. The Morgan fingerprint density at radius 3 is 2.60 bits per heavy atom. The molecule has 0 fully saturated rings. The van der Waals surface area contributed by atoms with Crippen molar-refractivity contribution in [3.05, 3.63) is 41.6 Å². The van der Waals surface area contributed by atoms with Crippen LogP contribution in [0.25, 0.3) is 0 Å². The molecule has 0 aliphatic heterocycles. The normalized spacial score (nSPS) is 17.4. The lowest BCUT2D eigenvalue weighted by molar-refractivity contribution is -0.117. The molecule has 1 aliphatic carbocycles. The molecule has 4 heteroatoms. The summed E-state index contributed by atoms with van der Waals surface area (Å²) in [6.07, 6.45) is 2.95. The van der Waals surface area contributed by atoms with Gasteiger partial charge in [0.2, 0.25) is 0 Å². The number of ether oxygens (including phenoxy) is 1. The van der Waals surface area contributed by atoms with E-state index in [1.54, 1.807) is 24.3 Å². The van der Waals surface area contributed by atoms with E-state index in [9.17, 15) is 9.59 Å². The van der Waals surface area contributed by atoms with Gasteiger partial charge in [-0.05, 0) is 24.0 Å². The van der Waals surface area contributed by atoms with Crippen molar-refractivity contribution in [3.8, 4) is 0 Å². The summed E-state index contributed by atoms with van der Waals surface area (Å²) >= 11 is 0. The van der Waals surface area contributed by atoms with E-state index in [4.69, 9.17) is 4.74 Å². The highest BCUT2D eigenvalue weighted by Gasteiger charge is 2.28. The van der Waals surface area contributed by atoms with Gasteiger partial charge >= 0.3 is 5.97 Å². The van der Waals surface area contributed by atoms with Crippen molar-refractivity contribution < 1.29 is 14.3 Å². The first-order valence-electron chi connectivity index (χ1n) is 6.59. The average molecular weight is 273 g/mol. The second kappa shape index (κ2) is 5.49. The first kappa shape index (κ1) is 14.3. The first-order chi connectivity index (χ1) is 9.41. The predicted octanol–water partition coefficient (Wildman–Crippen LogP) is 3.16. The van der Waals surface area contributed by atoms with E-state index in [-0.39, 0.29) is 11.2 Å². The molecule has 0 aromatic heterocycles. The molecule has 0 atom stereocenters. The molecule has 0 saturated heterocycles. The molecule has 20 heavy (non-hydrogen) atoms. The van der Waals surface area contributed by atoms with Gasteiger partial charge in [-0.1, -0.05) is 26.0 Å². The summed E-state index contributed by atoms with van der Waals surface area (Å²) in [6, 6.07) is 7.12. The molecule has 0 bridgehead atoms. The molecule has 0 spiro atoms. The Morgan fingerprint density at radius 2 is 1.95 bits per heavy atom. The zero-order valence-electron chi connectivity index (χ0n) is 12.0. The lowest BCUT2D eigenvalue weighted by atomic mass is 9.79. The van der Waals surface area contributed by atoms with Gasteiger partial charge in [0.05, 0.1) is 18.4 Å². The van der Waals surface area contributed by atoms with Crippen LogP contribution in [0, 0.1) is 5.41 Å². The van der Waals surface area contributed by atoms with Gasteiger partial charge in [0.1, 0.15) is 0 Å². The van der Waals surface area contributed by atoms with Crippen molar-refractivity contribution in [1.82, 2.24) is 0 Å². The van der Waals surface area contributed by atoms with E-state index >= 15 is 0 Å². The lowest BCUT2D eigenvalue weighted by Crippen LogP contribution is -2.24. The third-order valence-electron chi connectivity index (χ3n) is 3.28. The lowest BCUT2D eigenvalue weighted by Gasteiger charge is -2.29. The molecule has 1 N–H and O–H groups in total. The largest absolute Gasteiger partial charge is 0.465 e. The number of methoxy groups -OCH3 is 1. The van der Waals surface area contributed by atoms with Crippen molar-refractivity contribution in [3.63, 3.8) is 0 Å². The molecule has 0 amide bonds. The average Bonchev–Trinajstić information content (AvgIpc) is 2.36. The monoisotopic (exact) mass is 273 g/mol. The van der Waals surface area contributed by atoms with Crippen molar-refractivity contribution in [2.45, 2.75) is 26.7 Å². The summed E-state index contributed by atoms with van der Waals surface area (Å²) in [7, 11) is 1.35. The maximum absolute atomic E-state index is 11.7.